The summed E-state index contributed by atoms with van der Waals surface area (Å²) in [4.78, 5) is 11.6. The molecule has 0 aromatic heterocycles. The van der Waals surface area contributed by atoms with Gasteiger partial charge in [0.2, 0.25) is 0 Å². The SMILES string of the molecule is CC(=O)OC[C@H]1O[C@@H](O[C@H]2[C@H](O[C@H]3CC[C@]4(C)C5C[C@@H](O)[C@@H]6[C@@H]([C@](C)(CCC=C(C)C)O[C@@H]7O[C@H](CO[C@@H]8OC[C@H](O)[C@H](O)[C@H]8O)[C@@H](O)[C@H](O)[C@H]7O)CC[C@@]6(C)[C@]5(C)CC[C@H]4C3(C)C)O[C@H](CO)[C@@H](O)[C@@H]2O)[C@H](O)[C@@H](O)[C@@H]1O. The lowest BCUT2D eigenvalue weighted by molar-refractivity contribution is -0.378. The van der Waals surface area contributed by atoms with E-state index in [-0.39, 0.29) is 41.1 Å². The number of carbonyl (C=O) groups is 1. The number of esters is 1. The van der Waals surface area contributed by atoms with Crippen LogP contribution in [-0.2, 0) is 47.4 Å². The highest BCUT2D eigenvalue weighted by molar-refractivity contribution is 5.65. The topological polar surface area (TPSA) is 363 Å². The number of hydrogen-bond donors (Lipinski definition) is 13. The Kier molecular flexibility index (Phi) is 19.0. The first-order valence-corrected chi connectivity index (χ1v) is 28.2. The summed E-state index contributed by atoms with van der Waals surface area (Å²) >= 11 is 0. The van der Waals surface area contributed by atoms with Gasteiger partial charge in [-0.15, -0.1) is 0 Å². The van der Waals surface area contributed by atoms with Gasteiger partial charge in [-0.25, -0.2) is 0 Å². The van der Waals surface area contributed by atoms with Crippen molar-refractivity contribution in [3.05, 3.63) is 11.6 Å². The average Bonchev–Trinajstić information content (AvgIpc) is 3.04. The Balaban J connectivity index is 1.01. The van der Waals surface area contributed by atoms with E-state index in [0.29, 0.717) is 38.5 Å². The smallest absolute Gasteiger partial charge is 0.302 e. The zero-order valence-corrected chi connectivity index (χ0v) is 46.6. The molecule has 0 amide bonds. The molecule has 8 aliphatic rings. The maximum Gasteiger partial charge on any atom is 0.302 e. The Labute approximate surface area is 456 Å². The number of aliphatic hydroxyl groups excluding tert-OH is 13. The molecule has 8 rings (SSSR count). The summed E-state index contributed by atoms with van der Waals surface area (Å²) < 4.78 is 54.1. The first-order chi connectivity index (χ1) is 36.4. The fourth-order valence-corrected chi connectivity index (χ4v) is 16.2. The van der Waals surface area contributed by atoms with Crippen LogP contribution in [0.25, 0.3) is 0 Å². The third-order valence-electron chi connectivity index (χ3n) is 20.8. The van der Waals surface area contributed by atoms with Crippen molar-refractivity contribution in [2.24, 2.45) is 45.3 Å². The lowest BCUT2D eigenvalue weighted by Crippen LogP contribution is -2.68. The van der Waals surface area contributed by atoms with Crippen molar-refractivity contribution in [3.8, 4) is 0 Å². The van der Waals surface area contributed by atoms with Crippen LogP contribution in [0.2, 0.25) is 0 Å². The predicted octanol–water partition coefficient (Wildman–Crippen LogP) is -0.993. The fourth-order valence-electron chi connectivity index (χ4n) is 16.2. The van der Waals surface area contributed by atoms with Crippen molar-refractivity contribution in [3.63, 3.8) is 0 Å². The van der Waals surface area contributed by atoms with E-state index in [0.717, 1.165) is 31.8 Å². The van der Waals surface area contributed by atoms with Crippen LogP contribution >= 0.6 is 0 Å². The molecule has 4 saturated heterocycles. The molecule has 0 aromatic carbocycles. The van der Waals surface area contributed by atoms with E-state index >= 15 is 0 Å². The quantitative estimate of drug-likeness (QED) is 0.0501. The maximum atomic E-state index is 12.9. The summed E-state index contributed by atoms with van der Waals surface area (Å²) in [6, 6.07) is 0. The first kappa shape index (κ1) is 62.4. The molecular formula is C55H92O23. The summed E-state index contributed by atoms with van der Waals surface area (Å²) in [6.45, 7) is 16.5. The van der Waals surface area contributed by atoms with E-state index in [4.69, 9.17) is 42.6 Å². The van der Waals surface area contributed by atoms with Gasteiger partial charge in [0.1, 0.15) is 98.2 Å². The summed E-state index contributed by atoms with van der Waals surface area (Å²) in [7, 11) is 0. The van der Waals surface area contributed by atoms with Crippen molar-refractivity contribution < 1.29 is 114 Å². The van der Waals surface area contributed by atoms with Crippen LogP contribution in [0.3, 0.4) is 0 Å². The Morgan fingerprint density at radius 2 is 1.21 bits per heavy atom. The molecule has 0 bridgehead atoms. The van der Waals surface area contributed by atoms with Crippen LogP contribution < -0.4 is 0 Å². The molecule has 8 fully saturated rings. The van der Waals surface area contributed by atoms with Crippen LogP contribution in [0.1, 0.15) is 120 Å². The third kappa shape index (κ3) is 11.3. The number of aliphatic hydroxyl groups is 13. The van der Waals surface area contributed by atoms with Gasteiger partial charge in [0.15, 0.2) is 25.2 Å². The highest BCUT2D eigenvalue weighted by Gasteiger charge is 2.72. The first-order valence-electron chi connectivity index (χ1n) is 28.2. The van der Waals surface area contributed by atoms with Gasteiger partial charge >= 0.3 is 5.97 Å². The molecule has 4 aliphatic carbocycles. The van der Waals surface area contributed by atoms with Gasteiger partial charge in [-0.1, -0.05) is 46.3 Å². The summed E-state index contributed by atoms with van der Waals surface area (Å²) in [6.07, 6.45) is -23.1. The summed E-state index contributed by atoms with van der Waals surface area (Å²) in [5.74, 6) is -1.12. The van der Waals surface area contributed by atoms with Crippen molar-refractivity contribution in [1.82, 2.24) is 0 Å². The number of ether oxygens (including phenoxy) is 9. The van der Waals surface area contributed by atoms with Crippen LogP contribution in [0.5, 0.6) is 0 Å². The molecule has 4 saturated carbocycles. The normalized spacial score (nSPS) is 51.1. The number of fused-ring (bicyclic) bond motifs is 5. The molecular weight excluding hydrogens is 1030 g/mol. The standard InChI is InChI=1S/C55H92O23/c1-24(2)11-10-15-55(9,78-49-45(69)41(65)39(63)31(75-49)23-72-47-43(67)36(60)28(59)21-71-47)26-12-17-54(8)35(26)27(58)19-33-52(6)16-14-34(51(4,5)32(52)13-18-53(33,54)7)76-50-46(42(66)37(61)29(20-56)73-50)77-48-44(68)40(64)38(62)30(74-48)22-70-25(3)57/h11,26-50,56,58-69H,10,12-23H2,1-9H3/t26-,27+,28-,29+,30+,31+,32-,33?,34-,35-,36-,37+,38+,39+,40-,41-,42-,43+,44+,45+,46+,47-,48-,49-,50-,52-,53+,54+,55-/m0/s1. The molecule has 23 nitrogen and oxygen atoms in total. The highest BCUT2D eigenvalue weighted by atomic mass is 16.8. The lowest BCUT2D eigenvalue weighted by Gasteiger charge is -2.71. The third-order valence-corrected chi connectivity index (χ3v) is 20.8. The molecule has 4 aliphatic heterocycles. The molecule has 13 N–H and O–H groups in total. The van der Waals surface area contributed by atoms with E-state index in [1.165, 1.54) is 0 Å². The van der Waals surface area contributed by atoms with Crippen LogP contribution in [-0.4, -0.2) is 233 Å². The molecule has 0 aromatic rings. The van der Waals surface area contributed by atoms with Gasteiger partial charge in [-0.05, 0) is 124 Å². The van der Waals surface area contributed by atoms with E-state index in [1.807, 2.05) is 20.8 Å². The van der Waals surface area contributed by atoms with Gasteiger partial charge in [0.05, 0.1) is 37.6 Å². The summed E-state index contributed by atoms with van der Waals surface area (Å²) in [5.41, 5.74) is -1.55. The van der Waals surface area contributed by atoms with Gasteiger partial charge in [-0.3, -0.25) is 4.79 Å². The Hall–Kier alpha value is -1.63. The van der Waals surface area contributed by atoms with Gasteiger partial charge in [0, 0.05) is 6.92 Å². The summed E-state index contributed by atoms with van der Waals surface area (Å²) in [5, 5.41) is 142. The predicted molar refractivity (Wildman–Crippen MR) is 270 cm³/mol. The molecule has 23 heteroatoms. The fraction of sp³-hybridized carbons (Fsp3) is 0.945. The molecule has 29 atom stereocenters. The molecule has 4 heterocycles. The molecule has 450 valence electrons. The zero-order valence-electron chi connectivity index (χ0n) is 46.6. The minimum absolute atomic E-state index is 0.0339. The highest BCUT2D eigenvalue weighted by Crippen LogP contribution is 2.76. The number of carbonyl (C=O) groups excluding carboxylic acids is 1. The van der Waals surface area contributed by atoms with Crippen molar-refractivity contribution >= 4 is 5.97 Å². The number of allylic oxidation sites excluding steroid dienone is 2. The average molecular weight is 1120 g/mol. The van der Waals surface area contributed by atoms with E-state index < -0.39 is 171 Å². The van der Waals surface area contributed by atoms with Gasteiger partial charge < -0.3 is 109 Å². The maximum absolute atomic E-state index is 12.9. The number of hydrogen-bond acceptors (Lipinski definition) is 23. The van der Waals surface area contributed by atoms with Crippen molar-refractivity contribution in [1.29, 1.82) is 0 Å². The van der Waals surface area contributed by atoms with Crippen LogP contribution in [0.4, 0.5) is 0 Å². The Morgan fingerprint density at radius 3 is 1.85 bits per heavy atom. The van der Waals surface area contributed by atoms with E-state index in [2.05, 4.69) is 40.7 Å². The van der Waals surface area contributed by atoms with Crippen molar-refractivity contribution in [2.75, 3.05) is 26.4 Å². The second-order valence-corrected chi connectivity index (χ2v) is 25.9. The molecule has 0 radical (unpaired) electrons. The number of rotatable bonds is 16. The minimum atomic E-state index is -1.85. The van der Waals surface area contributed by atoms with E-state index in [9.17, 15) is 71.2 Å². The minimum Gasteiger partial charge on any atom is -0.463 e. The van der Waals surface area contributed by atoms with Gasteiger partial charge in [-0.2, -0.15) is 0 Å². The largest absolute Gasteiger partial charge is 0.463 e. The lowest BCUT2D eigenvalue weighted by atomic mass is 9.35. The monoisotopic (exact) mass is 1120 g/mol. The second-order valence-electron chi connectivity index (χ2n) is 25.9. The zero-order chi connectivity index (χ0) is 57.4. The second kappa shape index (κ2) is 23.8. The Bertz CT molecular complexity index is 2060. The van der Waals surface area contributed by atoms with Crippen LogP contribution in [0.15, 0.2) is 11.6 Å². The van der Waals surface area contributed by atoms with Gasteiger partial charge in [0.25, 0.3) is 0 Å². The molecule has 78 heavy (non-hydrogen) atoms. The van der Waals surface area contributed by atoms with Crippen LogP contribution in [0, 0.1) is 45.3 Å². The van der Waals surface area contributed by atoms with E-state index in [1.54, 1.807) is 0 Å². The van der Waals surface area contributed by atoms with Crippen molar-refractivity contribution in [2.45, 2.75) is 255 Å². The Morgan fingerprint density at radius 1 is 0.615 bits per heavy atom. The molecule has 0 spiro atoms. The molecule has 1 unspecified atom stereocenters.